The van der Waals surface area contributed by atoms with Crippen LogP contribution in [0.15, 0.2) is 33.9 Å². The first-order valence-electron chi connectivity index (χ1n) is 10.2. The number of carbonyl (C=O) groups excluding carboxylic acids is 2. The maximum Gasteiger partial charge on any atom is 0.352 e. The molecule has 180 valence electrons. The molecule has 14 heteroatoms. The molecule has 4 heterocycles. The molecule has 2 aromatic heterocycles. The molecule has 2 amide bonds. The Hall–Kier alpha value is -2.84. The van der Waals surface area contributed by atoms with Crippen molar-refractivity contribution in [1.29, 1.82) is 0 Å². The van der Waals surface area contributed by atoms with E-state index in [1.54, 1.807) is 11.6 Å². The van der Waals surface area contributed by atoms with Gasteiger partial charge in [0.1, 0.15) is 22.9 Å². The van der Waals surface area contributed by atoms with Gasteiger partial charge < -0.3 is 20.1 Å². The molecule has 1 fully saturated rings. The maximum absolute atomic E-state index is 12.8. The van der Waals surface area contributed by atoms with Gasteiger partial charge in [-0.3, -0.25) is 19.3 Å². The quantitative estimate of drug-likeness (QED) is 0.303. The molecule has 2 aliphatic heterocycles. The molecule has 0 saturated carbocycles. The van der Waals surface area contributed by atoms with Crippen molar-refractivity contribution < 1.29 is 29.4 Å². The highest BCUT2D eigenvalue weighted by molar-refractivity contribution is 8.01. The summed E-state index contributed by atoms with van der Waals surface area (Å²) >= 11 is 4.14. The van der Waals surface area contributed by atoms with Crippen molar-refractivity contribution in [1.82, 2.24) is 25.0 Å². The summed E-state index contributed by atoms with van der Waals surface area (Å²) in [6.07, 6.45) is 0.349. The topological polar surface area (TPSA) is 155 Å². The van der Waals surface area contributed by atoms with Gasteiger partial charge in [0.25, 0.3) is 5.91 Å². The summed E-state index contributed by atoms with van der Waals surface area (Å²) in [4.78, 5) is 50.0. The van der Waals surface area contributed by atoms with Crippen LogP contribution in [0.5, 0.6) is 0 Å². The smallest absolute Gasteiger partial charge is 0.352 e. The minimum Gasteiger partial charge on any atom is -0.481 e. The third kappa shape index (κ3) is 4.98. The van der Waals surface area contributed by atoms with Crippen LogP contribution in [0.3, 0.4) is 0 Å². The van der Waals surface area contributed by atoms with Crippen molar-refractivity contribution in [2.45, 2.75) is 35.8 Å². The standard InChI is InChI=1S/C20H21N5O6S3/c1-24-12(4-5-14(27)28)22-23-20(24)34-9-10-8-33-18-15(17(29)25(18)16(10)19(30)31)21-13(26)7-11-3-2-6-32-11/h2-3,6,15,18H,4-5,7-9H2,1H3,(H,21,26)(H,27,28)(H,30,31)/t15?,18-/m1/s1. The fourth-order valence-electron chi connectivity index (χ4n) is 3.65. The Labute approximate surface area is 206 Å². The highest BCUT2D eigenvalue weighted by atomic mass is 32.2. The molecule has 0 aromatic carbocycles. The minimum atomic E-state index is -1.20. The first kappa shape index (κ1) is 24.3. The molecule has 34 heavy (non-hydrogen) atoms. The predicted octanol–water partition coefficient (Wildman–Crippen LogP) is 0.967. The number of β-lactam (4-membered cyclic amide) rings is 1. The Morgan fingerprint density at radius 1 is 1.29 bits per heavy atom. The van der Waals surface area contributed by atoms with Crippen LogP contribution in [-0.2, 0) is 39.1 Å². The molecule has 11 nitrogen and oxygen atoms in total. The summed E-state index contributed by atoms with van der Waals surface area (Å²) in [7, 11) is 1.72. The maximum atomic E-state index is 12.8. The number of thioether (sulfide) groups is 2. The van der Waals surface area contributed by atoms with Crippen LogP contribution in [0.25, 0.3) is 0 Å². The molecule has 1 saturated heterocycles. The van der Waals surface area contributed by atoms with E-state index in [2.05, 4.69) is 15.5 Å². The lowest BCUT2D eigenvalue weighted by Crippen LogP contribution is -2.70. The first-order chi connectivity index (χ1) is 16.3. The first-order valence-corrected chi connectivity index (χ1v) is 13.1. The van der Waals surface area contributed by atoms with Gasteiger partial charge in [-0.25, -0.2) is 4.79 Å². The van der Waals surface area contributed by atoms with Crippen molar-refractivity contribution in [3.63, 3.8) is 0 Å². The van der Waals surface area contributed by atoms with Crippen LogP contribution in [0.4, 0.5) is 0 Å². The van der Waals surface area contributed by atoms with E-state index in [-0.39, 0.29) is 36.6 Å². The summed E-state index contributed by atoms with van der Waals surface area (Å²) in [5.74, 6) is -1.64. The molecule has 2 aromatic rings. The number of rotatable bonds is 10. The number of thiophene rings is 1. The second-order valence-electron chi connectivity index (χ2n) is 7.61. The number of fused-ring (bicyclic) bond motifs is 1. The van der Waals surface area contributed by atoms with Gasteiger partial charge in [0.05, 0.1) is 12.8 Å². The second-order valence-corrected chi connectivity index (χ2v) is 10.7. The summed E-state index contributed by atoms with van der Waals surface area (Å²) in [6.45, 7) is 0. The number of amides is 2. The summed E-state index contributed by atoms with van der Waals surface area (Å²) in [5.41, 5.74) is 0.517. The van der Waals surface area contributed by atoms with E-state index in [4.69, 9.17) is 5.11 Å². The molecule has 0 spiro atoms. The van der Waals surface area contributed by atoms with Gasteiger partial charge in [-0.1, -0.05) is 17.8 Å². The number of aromatic nitrogens is 3. The number of aliphatic carboxylic acids is 2. The van der Waals surface area contributed by atoms with E-state index in [1.165, 1.54) is 39.8 Å². The normalized spacial score (nSPS) is 19.6. The third-order valence-corrected chi connectivity index (χ3v) is 8.67. The number of hydrogen-bond donors (Lipinski definition) is 3. The predicted molar refractivity (Wildman–Crippen MR) is 125 cm³/mol. The molecule has 3 N–H and O–H groups in total. The van der Waals surface area contributed by atoms with Crippen molar-refractivity contribution in [2.24, 2.45) is 7.05 Å². The van der Waals surface area contributed by atoms with Gasteiger partial charge >= 0.3 is 11.9 Å². The van der Waals surface area contributed by atoms with E-state index in [9.17, 15) is 24.3 Å². The number of aryl methyl sites for hydroxylation is 1. The third-order valence-electron chi connectivity index (χ3n) is 5.34. The largest absolute Gasteiger partial charge is 0.481 e. The minimum absolute atomic E-state index is 0.0572. The number of nitrogens with zero attached hydrogens (tertiary/aromatic N) is 4. The molecule has 2 aliphatic rings. The lowest BCUT2D eigenvalue weighted by atomic mass is 10.0. The lowest BCUT2D eigenvalue weighted by molar-refractivity contribution is -0.150. The van der Waals surface area contributed by atoms with Gasteiger partial charge in [-0.05, 0) is 17.0 Å². The number of hydrogen-bond acceptors (Lipinski definition) is 9. The van der Waals surface area contributed by atoms with Gasteiger partial charge in [0.15, 0.2) is 5.16 Å². The molecular weight excluding hydrogens is 502 g/mol. The van der Waals surface area contributed by atoms with Crippen molar-refractivity contribution in [3.8, 4) is 0 Å². The average molecular weight is 524 g/mol. The molecule has 1 unspecified atom stereocenters. The van der Waals surface area contributed by atoms with Gasteiger partial charge in [0.2, 0.25) is 5.91 Å². The highest BCUT2D eigenvalue weighted by Gasteiger charge is 2.54. The monoisotopic (exact) mass is 523 g/mol. The van der Waals surface area contributed by atoms with Crippen LogP contribution in [0, 0.1) is 0 Å². The van der Waals surface area contributed by atoms with Crippen LogP contribution in [0.2, 0.25) is 0 Å². The van der Waals surface area contributed by atoms with Crippen LogP contribution in [-0.4, -0.2) is 76.6 Å². The van der Waals surface area contributed by atoms with E-state index in [0.717, 1.165) is 4.88 Å². The van der Waals surface area contributed by atoms with Crippen LogP contribution < -0.4 is 5.32 Å². The summed E-state index contributed by atoms with van der Waals surface area (Å²) < 4.78 is 1.68. The number of nitrogens with one attached hydrogen (secondary N) is 1. The molecule has 0 aliphatic carbocycles. The summed E-state index contributed by atoms with van der Waals surface area (Å²) in [5, 5.41) is 31.4. The zero-order valence-corrected chi connectivity index (χ0v) is 20.4. The molecule has 2 atom stereocenters. The molecule has 0 bridgehead atoms. The lowest BCUT2D eigenvalue weighted by Gasteiger charge is -2.49. The number of carbonyl (C=O) groups is 4. The summed E-state index contributed by atoms with van der Waals surface area (Å²) in [6, 6.07) is 2.94. The Balaban J connectivity index is 1.41. The van der Waals surface area contributed by atoms with E-state index in [0.29, 0.717) is 22.3 Å². The Kier molecular flexibility index (Phi) is 7.28. The Morgan fingerprint density at radius 2 is 2.09 bits per heavy atom. The van der Waals surface area contributed by atoms with Gasteiger partial charge in [0, 0.05) is 29.9 Å². The zero-order valence-electron chi connectivity index (χ0n) is 18.0. The van der Waals surface area contributed by atoms with Crippen molar-refractivity contribution in [2.75, 3.05) is 11.5 Å². The van der Waals surface area contributed by atoms with Crippen LogP contribution >= 0.6 is 34.9 Å². The average Bonchev–Trinajstić information content (AvgIpc) is 3.43. The fourth-order valence-corrected chi connectivity index (χ4v) is 6.77. The van der Waals surface area contributed by atoms with Gasteiger partial charge in [-0.2, -0.15) is 0 Å². The SMILES string of the molecule is Cn1c(CCC(=O)O)nnc1SCC1=C(C(=O)O)N2C(=O)C(NC(=O)Cc3cccs3)[C@H]2SC1. The van der Waals surface area contributed by atoms with Crippen LogP contribution in [0.1, 0.15) is 17.1 Å². The van der Waals surface area contributed by atoms with E-state index < -0.39 is 29.3 Å². The molecule has 0 radical (unpaired) electrons. The van der Waals surface area contributed by atoms with Crippen molar-refractivity contribution >= 4 is 58.6 Å². The number of carboxylic acid groups (broad SMARTS) is 2. The van der Waals surface area contributed by atoms with Crippen molar-refractivity contribution in [3.05, 3.63) is 39.5 Å². The zero-order chi connectivity index (χ0) is 24.4. The highest BCUT2D eigenvalue weighted by Crippen LogP contribution is 2.41. The van der Waals surface area contributed by atoms with E-state index in [1.807, 2.05) is 17.5 Å². The Bertz CT molecular complexity index is 1160. The Morgan fingerprint density at radius 3 is 2.76 bits per heavy atom. The number of carboxylic acids is 2. The second kappa shape index (κ2) is 10.2. The molecular formula is C20H21N5O6S3. The van der Waals surface area contributed by atoms with Gasteiger partial charge in [-0.15, -0.1) is 33.3 Å². The fraction of sp³-hybridized carbons (Fsp3) is 0.400. The van der Waals surface area contributed by atoms with E-state index >= 15 is 0 Å². The molecule has 4 rings (SSSR count).